The Balaban J connectivity index is 1.85. The number of ketones is 2. The predicted molar refractivity (Wildman–Crippen MR) is 122 cm³/mol. The minimum absolute atomic E-state index is 0.230. The van der Waals surface area contributed by atoms with Crippen LogP contribution < -0.4 is 4.90 Å². The number of anilines is 1. The van der Waals surface area contributed by atoms with Gasteiger partial charge in [-0.05, 0) is 48.2 Å². The summed E-state index contributed by atoms with van der Waals surface area (Å²) in [6.07, 6.45) is 0. The molecule has 2 aromatic carbocycles. The van der Waals surface area contributed by atoms with E-state index >= 15 is 0 Å². The van der Waals surface area contributed by atoms with E-state index in [0.29, 0.717) is 22.2 Å². The Morgan fingerprint density at radius 2 is 1.72 bits per heavy atom. The summed E-state index contributed by atoms with van der Waals surface area (Å²) >= 11 is 6.07. The molecule has 0 bridgehead atoms. The van der Waals surface area contributed by atoms with Crippen LogP contribution in [0.1, 0.15) is 53.0 Å². The fourth-order valence-corrected chi connectivity index (χ4v) is 4.13. The number of aryl methyl sites for hydroxylation is 1. The number of Topliss-reactive ketones (excluding diaryl/α,β-unsaturated/α-hetero) is 2. The Hall–Kier alpha value is -3.38. The summed E-state index contributed by atoms with van der Waals surface area (Å²) in [6, 6.07) is 16.5. The summed E-state index contributed by atoms with van der Waals surface area (Å²) in [6.45, 7) is 5.94. The van der Waals surface area contributed by atoms with Crippen LogP contribution in [-0.4, -0.2) is 27.7 Å². The average Bonchev–Trinajstić information content (AvgIpc) is 3.04. The second-order valence-electron chi connectivity index (χ2n) is 8.19. The molecule has 1 aromatic heterocycles. The molecule has 0 saturated carbocycles. The first-order valence-electron chi connectivity index (χ1n) is 10.4. The largest absolute Gasteiger partial charge is 0.297 e. The molecule has 162 valence electrons. The van der Waals surface area contributed by atoms with Gasteiger partial charge >= 0.3 is 0 Å². The quantitative estimate of drug-likeness (QED) is 0.321. The van der Waals surface area contributed by atoms with Gasteiger partial charge in [0.2, 0.25) is 5.78 Å². The zero-order chi connectivity index (χ0) is 23.0. The topological polar surface area (TPSA) is 80.2 Å². The maximum absolute atomic E-state index is 13.5. The van der Waals surface area contributed by atoms with E-state index < -0.39 is 29.4 Å². The summed E-state index contributed by atoms with van der Waals surface area (Å²) in [5.41, 5.74) is 2.75. The molecule has 1 aliphatic rings. The number of rotatable bonds is 5. The van der Waals surface area contributed by atoms with E-state index in [1.54, 1.807) is 37.3 Å². The van der Waals surface area contributed by atoms with Gasteiger partial charge in [0.25, 0.3) is 5.91 Å². The summed E-state index contributed by atoms with van der Waals surface area (Å²) < 4.78 is 0. The Bertz CT molecular complexity index is 1190. The number of halogens is 1. The lowest BCUT2D eigenvalue weighted by molar-refractivity contribution is -0.135. The molecule has 1 amide bonds. The van der Waals surface area contributed by atoms with Crippen LogP contribution in [0, 0.1) is 12.8 Å². The number of aromatic nitrogens is 2. The van der Waals surface area contributed by atoms with Crippen molar-refractivity contribution in [2.75, 3.05) is 4.90 Å². The Labute approximate surface area is 191 Å². The Kier molecular flexibility index (Phi) is 5.89. The van der Waals surface area contributed by atoms with Crippen molar-refractivity contribution in [3.8, 4) is 0 Å². The average molecular weight is 448 g/mol. The molecular formula is C25H22ClN3O3. The van der Waals surface area contributed by atoms with Crippen molar-refractivity contribution in [1.29, 1.82) is 0 Å². The lowest BCUT2D eigenvalue weighted by Crippen LogP contribution is -2.31. The van der Waals surface area contributed by atoms with Gasteiger partial charge in [-0.1, -0.05) is 61.8 Å². The number of hydrogen-bond acceptors (Lipinski definition) is 5. The number of amides is 1. The summed E-state index contributed by atoms with van der Waals surface area (Å²) in [5.74, 6) is -2.66. The Morgan fingerprint density at radius 1 is 1.00 bits per heavy atom. The molecule has 6 nitrogen and oxygen atoms in total. The molecule has 0 spiro atoms. The summed E-state index contributed by atoms with van der Waals surface area (Å²) in [4.78, 5) is 40.9. The first-order chi connectivity index (χ1) is 15.3. The molecule has 1 saturated heterocycles. The van der Waals surface area contributed by atoms with Gasteiger partial charge in [0.1, 0.15) is 5.92 Å². The van der Waals surface area contributed by atoms with Crippen molar-refractivity contribution in [1.82, 2.24) is 10.2 Å². The van der Waals surface area contributed by atoms with Crippen LogP contribution in [0.15, 0.2) is 60.7 Å². The molecule has 0 N–H and O–H groups in total. The number of hydrogen-bond donors (Lipinski definition) is 0. The van der Waals surface area contributed by atoms with Crippen molar-refractivity contribution < 1.29 is 14.4 Å². The molecule has 7 heteroatoms. The second-order valence-corrected chi connectivity index (χ2v) is 8.63. The van der Waals surface area contributed by atoms with Crippen molar-refractivity contribution in [2.45, 2.75) is 32.7 Å². The normalized spacial score (nSPS) is 18.5. The van der Waals surface area contributed by atoms with E-state index in [1.165, 1.54) is 11.0 Å². The van der Waals surface area contributed by atoms with Crippen molar-refractivity contribution in [3.63, 3.8) is 0 Å². The smallest absolute Gasteiger partial charge is 0.293 e. The van der Waals surface area contributed by atoms with E-state index in [1.807, 2.05) is 24.3 Å². The standard InChI is InChI=1S/C25H22ClN3O3/c1-14(2)16-8-10-17(11-9-16)22-21(23(30)18-5-4-6-19(26)13-18)24(31)25(32)29(22)20-12-7-15(3)27-28-20/h4-14,21-22H,1-3H3. The maximum Gasteiger partial charge on any atom is 0.297 e. The van der Waals surface area contributed by atoms with Gasteiger partial charge in [-0.3, -0.25) is 19.3 Å². The molecular weight excluding hydrogens is 426 g/mol. The Morgan fingerprint density at radius 3 is 2.31 bits per heavy atom. The van der Waals surface area contributed by atoms with Crippen LogP contribution >= 0.6 is 11.6 Å². The van der Waals surface area contributed by atoms with Crippen molar-refractivity contribution >= 4 is 34.9 Å². The highest BCUT2D eigenvalue weighted by molar-refractivity contribution is 6.49. The van der Waals surface area contributed by atoms with Crippen molar-refractivity contribution in [2.24, 2.45) is 5.92 Å². The molecule has 32 heavy (non-hydrogen) atoms. The van der Waals surface area contributed by atoms with Crippen LogP contribution in [0.25, 0.3) is 0 Å². The van der Waals surface area contributed by atoms with Crippen LogP contribution in [0.5, 0.6) is 0 Å². The van der Waals surface area contributed by atoms with Crippen LogP contribution in [0.4, 0.5) is 5.82 Å². The molecule has 0 radical (unpaired) electrons. The molecule has 4 rings (SSSR count). The maximum atomic E-state index is 13.5. The van der Waals surface area contributed by atoms with E-state index in [-0.39, 0.29) is 11.4 Å². The van der Waals surface area contributed by atoms with Gasteiger partial charge in [-0.15, -0.1) is 5.10 Å². The number of benzene rings is 2. The minimum Gasteiger partial charge on any atom is -0.293 e. The van der Waals surface area contributed by atoms with Gasteiger partial charge < -0.3 is 0 Å². The van der Waals surface area contributed by atoms with E-state index in [4.69, 9.17) is 11.6 Å². The highest BCUT2D eigenvalue weighted by Crippen LogP contribution is 2.41. The third-order valence-corrected chi connectivity index (χ3v) is 5.91. The first kappa shape index (κ1) is 21.8. The van der Waals surface area contributed by atoms with E-state index in [0.717, 1.165) is 5.56 Å². The first-order valence-corrected chi connectivity index (χ1v) is 10.7. The highest BCUT2D eigenvalue weighted by atomic mass is 35.5. The molecule has 1 fully saturated rings. The monoisotopic (exact) mass is 447 g/mol. The SMILES string of the molecule is Cc1ccc(N2C(=O)C(=O)C(C(=O)c3cccc(Cl)c3)C2c2ccc(C(C)C)cc2)nn1. The fourth-order valence-electron chi connectivity index (χ4n) is 3.94. The van der Waals surface area contributed by atoms with Gasteiger partial charge in [-0.25, -0.2) is 0 Å². The van der Waals surface area contributed by atoms with Gasteiger partial charge in [0.05, 0.1) is 11.7 Å². The van der Waals surface area contributed by atoms with Gasteiger partial charge in [0, 0.05) is 10.6 Å². The molecule has 3 aromatic rings. The predicted octanol–water partition coefficient (Wildman–Crippen LogP) is 4.72. The van der Waals surface area contributed by atoms with Crippen LogP contribution in [0.3, 0.4) is 0 Å². The van der Waals surface area contributed by atoms with Crippen LogP contribution in [-0.2, 0) is 9.59 Å². The molecule has 0 aliphatic carbocycles. The summed E-state index contributed by atoms with van der Waals surface area (Å²) in [7, 11) is 0. The number of carbonyl (C=O) groups is 3. The number of nitrogens with zero attached hydrogens (tertiary/aromatic N) is 3. The third kappa shape index (κ3) is 3.94. The summed E-state index contributed by atoms with van der Waals surface area (Å²) in [5, 5.41) is 8.53. The molecule has 2 atom stereocenters. The second kappa shape index (κ2) is 8.63. The van der Waals surface area contributed by atoms with Crippen molar-refractivity contribution in [3.05, 3.63) is 88.1 Å². The van der Waals surface area contributed by atoms with Crippen LogP contribution in [0.2, 0.25) is 5.02 Å². The fraction of sp³-hybridized carbons (Fsp3) is 0.240. The lowest BCUT2D eigenvalue weighted by atomic mass is 9.85. The highest BCUT2D eigenvalue weighted by Gasteiger charge is 2.52. The zero-order valence-electron chi connectivity index (χ0n) is 17.9. The van der Waals surface area contributed by atoms with Gasteiger partial charge in [-0.2, -0.15) is 5.10 Å². The van der Waals surface area contributed by atoms with E-state index in [9.17, 15) is 14.4 Å². The molecule has 2 unspecified atom stereocenters. The molecule has 1 aliphatic heterocycles. The number of carbonyl (C=O) groups excluding carboxylic acids is 3. The van der Waals surface area contributed by atoms with Gasteiger partial charge in [0.15, 0.2) is 11.6 Å². The minimum atomic E-state index is -1.21. The van der Waals surface area contributed by atoms with E-state index in [2.05, 4.69) is 24.0 Å². The molecule has 2 heterocycles. The third-order valence-electron chi connectivity index (χ3n) is 5.67. The lowest BCUT2D eigenvalue weighted by Gasteiger charge is -2.26. The zero-order valence-corrected chi connectivity index (χ0v) is 18.7.